The maximum absolute atomic E-state index is 11.6. The monoisotopic (exact) mass is 348 g/mol. The molecule has 0 fully saturated rings. The van der Waals surface area contributed by atoms with Gasteiger partial charge in [-0.2, -0.15) is 0 Å². The summed E-state index contributed by atoms with van der Waals surface area (Å²) in [5.41, 5.74) is 1.60. The standard InChI is InChI=1S/C13H16N4OS.2ClH/c1-14-7-4-6-12(18)17-13-16-11(9-19-13)10-5-2-3-8-15-10;;/h2-3,5,8-9,14H,4,6-7H2,1H3,(H,16,17,18);2*1H. The number of hydrogen-bond acceptors (Lipinski definition) is 5. The summed E-state index contributed by atoms with van der Waals surface area (Å²) in [4.78, 5) is 20.2. The zero-order valence-electron chi connectivity index (χ0n) is 11.5. The molecule has 116 valence electrons. The van der Waals surface area contributed by atoms with E-state index in [1.165, 1.54) is 11.3 Å². The molecule has 1 amide bonds. The third-order valence-electron chi connectivity index (χ3n) is 2.51. The second-order valence-corrected chi connectivity index (χ2v) is 4.87. The lowest BCUT2D eigenvalue weighted by Gasteiger charge is -2.01. The Morgan fingerprint density at radius 2 is 2.10 bits per heavy atom. The Hall–Kier alpha value is -1.21. The number of anilines is 1. The smallest absolute Gasteiger partial charge is 0.226 e. The lowest BCUT2D eigenvalue weighted by molar-refractivity contribution is -0.116. The van der Waals surface area contributed by atoms with Gasteiger partial charge < -0.3 is 10.6 Å². The van der Waals surface area contributed by atoms with Gasteiger partial charge in [0.2, 0.25) is 5.91 Å². The summed E-state index contributed by atoms with van der Waals surface area (Å²) in [6.45, 7) is 0.838. The van der Waals surface area contributed by atoms with Gasteiger partial charge in [0.05, 0.1) is 5.69 Å². The molecule has 0 saturated carbocycles. The maximum atomic E-state index is 11.6. The number of nitrogens with one attached hydrogen (secondary N) is 2. The third-order valence-corrected chi connectivity index (χ3v) is 3.27. The van der Waals surface area contributed by atoms with Gasteiger partial charge in [0.1, 0.15) is 5.69 Å². The van der Waals surface area contributed by atoms with Crippen LogP contribution in [0.25, 0.3) is 11.4 Å². The van der Waals surface area contributed by atoms with Crippen molar-refractivity contribution < 1.29 is 4.79 Å². The minimum Gasteiger partial charge on any atom is -0.320 e. The zero-order chi connectivity index (χ0) is 13.5. The molecule has 2 N–H and O–H groups in total. The molecule has 2 heterocycles. The fourth-order valence-corrected chi connectivity index (χ4v) is 2.29. The highest BCUT2D eigenvalue weighted by molar-refractivity contribution is 7.14. The minimum atomic E-state index is -0.00262. The van der Waals surface area contributed by atoms with Crippen LogP contribution in [0.15, 0.2) is 29.8 Å². The molecule has 0 aliphatic rings. The molecule has 0 aromatic carbocycles. The average Bonchev–Trinajstić information content (AvgIpc) is 2.88. The number of thiazole rings is 1. The van der Waals surface area contributed by atoms with E-state index in [1.807, 2.05) is 30.6 Å². The molecule has 0 atom stereocenters. The van der Waals surface area contributed by atoms with Crippen LogP contribution in [0.5, 0.6) is 0 Å². The maximum Gasteiger partial charge on any atom is 0.226 e. The number of amides is 1. The number of nitrogens with zero attached hydrogens (tertiary/aromatic N) is 2. The molecule has 0 spiro atoms. The van der Waals surface area contributed by atoms with Gasteiger partial charge in [-0.15, -0.1) is 36.2 Å². The summed E-state index contributed by atoms with van der Waals surface area (Å²) in [5, 5.41) is 8.33. The number of pyridine rings is 1. The number of aromatic nitrogens is 2. The van der Waals surface area contributed by atoms with E-state index in [0.717, 1.165) is 24.4 Å². The molecule has 2 rings (SSSR count). The van der Waals surface area contributed by atoms with Crippen molar-refractivity contribution in [3.8, 4) is 11.4 Å². The Kier molecular flexibility index (Phi) is 9.90. The molecule has 0 unspecified atom stereocenters. The largest absolute Gasteiger partial charge is 0.320 e. The van der Waals surface area contributed by atoms with Crippen molar-refractivity contribution >= 4 is 47.2 Å². The summed E-state index contributed by atoms with van der Waals surface area (Å²) in [5.74, 6) is -0.00262. The van der Waals surface area contributed by atoms with E-state index in [2.05, 4.69) is 20.6 Å². The minimum absolute atomic E-state index is 0. The summed E-state index contributed by atoms with van der Waals surface area (Å²) in [6.07, 6.45) is 3.05. The summed E-state index contributed by atoms with van der Waals surface area (Å²) < 4.78 is 0. The lowest BCUT2D eigenvalue weighted by atomic mass is 10.3. The van der Waals surface area contributed by atoms with Crippen LogP contribution in [0.1, 0.15) is 12.8 Å². The topological polar surface area (TPSA) is 66.9 Å². The van der Waals surface area contributed by atoms with Crippen LogP contribution in [-0.4, -0.2) is 29.5 Å². The van der Waals surface area contributed by atoms with E-state index >= 15 is 0 Å². The van der Waals surface area contributed by atoms with Crippen molar-refractivity contribution in [3.63, 3.8) is 0 Å². The quantitative estimate of drug-likeness (QED) is 0.787. The van der Waals surface area contributed by atoms with Crippen LogP contribution in [0.3, 0.4) is 0 Å². The van der Waals surface area contributed by atoms with Gasteiger partial charge in [0, 0.05) is 18.0 Å². The predicted octanol–water partition coefficient (Wildman–Crippen LogP) is 2.99. The molecular formula is C13H18Cl2N4OS. The van der Waals surface area contributed by atoms with E-state index in [-0.39, 0.29) is 30.7 Å². The van der Waals surface area contributed by atoms with Crippen molar-refractivity contribution in [1.29, 1.82) is 0 Å². The zero-order valence-corrected chi connectivity index (χ0v) is 14.0. The van der Waals surface area contributed by atoms with Gasteiger partial charge in [0.15, 0.2) is 5.13 Å². The molecule has 0 radical (unpaired) electrons. The van der Waals surface area contributed by atoms with E-state index in [1.54, 1.807) is 6.20 Å². The first-order valence-electron chi connectivity index (χ1n) is 6.11. The van der Waals surface area contributed by atoms with E-state index in [4.69, 9.17) is 0 Å². The highest BCUT2D eigenvalue weighted by atomic mass is 35.5. The van der Waals surface area contributed by atoms with E-state index in [9.17, 15) is 4.79 Å². The van der Waals surface area contributed by atoms with Crippen LogP contribution in [-0.2, 0) is 4.79 Å². The molecule has 0 aliphatic carbocycles. The van der Waals surface area contributed by atoms with Crippen molar-refractivity contribution in [1.82, 2.24) is 15.3 Å². The van der Waals surface area contributed by atoms with Crippen LogP contribution in [0, 0.1) is 0 Å². The average molecular weight is 349 g/mol. The van der Waals surface area contributed by atoms with Crippen LogP contribution in [0.2, 0.25) is 0 Å². The number of carbonyl (C=O) groups excluding carboxylic acids is 1. The van der Waals surface area contributed by atoms with Gasteiger partial charge in [-0.3, -0.25) is 9.78 Å². The number of halogens is 2. The molecule has 8 heteroatoms. The van der Waals surface area contributed by atoms with Gasteiger partial charge in [-0.25, -0.2) is 4.98 Å². The Labute approximate surface area is 140 Å². The Morgan fingerprint density at radius 3 is 2.76 bits per heavy atom. The molecule has 0 aliphatic heterocycles. The lowest BCUT2D eigenvalue weighted by Crippen LogP contribution is -2.15. The Morgan fingerprint density at radius 1 is 1.29 bits per heavy atom. The fraction of sp³-hybridized carbons (Fsp3) is 0.308. The molecule has 2 aromatic heterocycles. The van der Waals surface area contributed by atoms with Gasteiger partial charge in [-0.05, 0) is 32.1 Å². The highest BCUT2D eigenvalue weighted by Gasteiger charge is 2.08. The molecule has 2 aromatic rings. The Balaban J connectivity index is 0.00000200. The first-order valence-corrected chi connectivity index (χ1v) is 6.99. The number of hydrogen-bond donors (Lipinski definition) is 2. The third kappa shape index (κ3) is 6.39. The fourth-order valence-electron chi connectivity index (χ4n) is 1.57. The molecule has 21 heavy (non-hydrogen) atoms. The SMILES string of the molecule is CNCCCC(=O)Nc1nc(-c2ccccn2)cs1.Cl.Cl. The normalized spacial score (nSPS) is 9.38. The first-order chi connectivity index (χ1) is 9.29. The summed E-state index contributed by atoms with van der Waals surface area (Å²) in [7, 11) is 1.87. The van der Waals surface area contributed by atoms with Gasteiger partial charge in [0.25, 0.3) is 0 Å². The number of carbonyl (C=O) groups is 1. The van der Waals surface area contributed by atoms with Crippen LogP contribution >= 0.6 is 36.2 Å². The van der Waals surface area contributed by atoms with Crippen molar-refractivity contribution in [2.24, 2.45) is 0 Å². The van der Waals surface area contributed by atoms with Crippen molar-refractivity contribution in [3.05, 3.63) is 29.8 Å². The second-order valence-electron chi connectivity index (χ2n) is 4.01. The summed E-state index contributed by atoms with van der Waals surface area (Å²) in [6, 6.07) is 5.67. The van der Waals surface area contributed by atoms with Crippen LogP contribution in [0.4, 0.5) is 5.13 Å². The van der Waals surface area contributed by atoms with Crippen molar-refractivity contribution in [2.45, 2.75) is 12.8 Å². The molecule has 0 bridgehead atoms. The van der Waals surface area contributed by atoms with Crippen molar-refractivity contribution in [2.75, 3.05) is 18.9 Å². The first kappa shape index (κ1) is 19.8. The molecule has 5 nitrogen and oxygen atoms in total. The van der Waals surface area contributed by atoms with E-state index < -0.39 is 0 Å². The number of rotatable bonds is 6. The highest BCUT2D eigenvalue weighted by Crippen LogP contribution is 2.23. The van der Waals surface area contributed by atoms with E-state index in [0.29, 0.717) is 11.6 Å². The van der Waals surface area contributed by atoms with Gasteiger partial charge in [-0.1, -0.05) is 6.07 Å². The molecule has 0 saturated heterocycles. The predicted molar refractivity (Wildman–Crippen MR) is 91.6 cm³/mol. The molecular weight excluding hydrogens is 331 g/mol. The summed E-state index contributed by atoms with van der Waals surface area (Å²) >= 11 is 1.41. The second kappa shape index (κ2) is 10.5. The van der Waals surface area contributed by atoms with Gasteiger partial charge >= 0.3 is 0 Å². The van der Waals surface area contributed by atoms with Crippen LogP contribution < -0.4 is 10.6 Å². The Bertz CT molecular complexity index is 536.